The summed E-state index contributed by atoms with van der Waals surface area (Å²) in [6.45, 7) is 5.87. The van der Waals surface area contributed by atoms with Gasteiger partial charge < -0.3 is 15.2 Å². The molecule has 1 fully saturated rings. The van der Waals surface area contributed by atoms with Crippen LogP contribution < -0.4 is 10.6 Å². The second-order valence-corrected chi connectivity index (χ2v) is 6.95. The van der Waals surface area contributed by atoms with E-state index in [0.717, 1.165) is 12.3 Å². The molecule has 7 nitrogen and oxygen atoms in total. The van der Waals surface area contributed by atoms with Gasteiger partial charge in [-0.3, -0.25) is 14.9 Å². The van der Waals surface area contributed by atoms with Crippen molar-refractivity contribution in [2.45, 2.75) is 50.6 Å². The van der Waals surface area contributed by atoms with Crippen LogP contribution in [-0.4, -0.2) is 52.3 Å². The van der Waals surface area contributed by atoms with Gasteiger partial charge in [0.05, 0.1) is 6.04 Å². The van der Waals surface area contributed by atoms with Gasteiger partial charge in [-0.05, 0) is 27.2 Å². The molecular formula is C13H22N2O5S. The quantitative estimate of drug-likeness (QED) is 0.670. The Morgan fingerprint density at radius 2 is 2.10 bits per heavy atom. The molecule has 0 aromatic heterocycles. The lowest BCUT2D eigenvalue weighted by atomic mass is 10.1. The summed E-state index contributed by atoms with van der Waals surface area (Å²) in [5.74, 6) is -0.412. The molecule has 0 aromatic carbocycles. The number of carbonyl (C=O) groups is 3. The molecule has 0 radical (unpaired) electrons. The molecule has 21 heavy (non-hydrogen) atoms. The number of Topliss-reactive ketones (excluding diaryl/α,β-unsaturated/α-hetero) is 1. The number of ether oxygens (including phenoxy) is 1. The number of nitrogens with one attached hydrogen (secondary N) is 2. The van der Waals surface area contributed by atoms with E-state index in [4.69, 9.17) is 9.84 Å². The van der Waals surface area contributed by atoms with Gasteiger partial charge in [0.1, 0.15) is 11.0 Å². The maximum Gasteiger partial charge on any atom is 0.408 e. The van der Waals surface area contributed by atoms with Crippen LogP contribution in [0.1, 0.15) is 33.6 Å². The van der Waals surface area contributed by atoms with Crippen LogP contribution in [0, 0.1) is 0 Å². The summed E-state index contributed by atoms with van der Waals surface area (Å²) in [6, 6.07) is -0.862. The van der Waals surface area contributed by atoms with Crippen molar-refractivity contribution in [3.05, 3.63) is 0 Å². The number of aliphatic carboxylic acids is 1. The number of alkyl carbamates (subject to hydrolysis) is 1. The van der Waals surface area contributed by atoms with Gasteiger partial charge >= 0.3 is 12.1 Å². The number of thioether (sulfide) groups is 1. The van der Waals surface area contributed by atoms with Gasteiger partial charge in [0, 0.05) is 18.7 Å². The Kier molecular flexibility index (Phi) is 6.47. The lowest BCUT2D eigenvalue weighted by molar-refractivity contribution is -0.137. The molecule has 0 aromatic rings. The summed E-state index contributed by atoms with van der Waals surface area (Å²) in [6.07, 6.45) is -0.857. The first-order chi connectivity index (χ1) is 9.69. The summed E-state index contributed by atoms with van der Waals surface area (Å²) in [4.78, 5) is 34.8. The standard InChI is InChI=1S/C13H22N2O5S/c1-13(2,3)20-12(19)15-8(4-5-9(16)17)10(18)11-14-6-7-21-11/h8,11,14H,4-7H2,1-3H3,(H,15,19)(H,16,17)/t8-,11?/m0/s1. The average Bonchev–Trinajstić information content (AvgIpc) is 2.84. The molecule has 120 valence electrons. The van der Waals surface area contributed by atoms with Crippen molar-refractivity contribution >= 4 is 29.6 Å². The summed E-state index contributed by atoms with van der Waals surface area (Å²) >= 11 is 1.45. The molecule has 1 amide bonds. The predicted molar refractivity (Wildman–Crippen MR) is 79.3 cm³/mol. The highest BCUT2D eigenvalue weighted by molar-refractivity contribution is 8.00. The predicted octanol–water partition coefficient (Wildman–Crippen LogP) is 0.976. The molecule has 0 aliphatic carbocycles. The normalized spacial score (nSPS) is 19.9. The number of carboxylic acids is 1. The summed E-state index contributed by atoms with van der Waals surface area (Å²) < 4.78 is 5.11. The van der Waals surface area contributed by atoms with E-state index in [1.54, 1.807) is 20.8 Å². The summed E-state index contributed by atoms with van der Waals surface area (Å²) in [5, 5.41) is 13.8. The maximum absolute atomic E-state index is 12.3. The van der Waals surface area contributed by atoms with Gasteiger partial charge in [0.25, 0.3) is 0 Å². The van der Waals surface area contributed by atoms with Crippen molar-refractivity contribution < 1.29 is 24.2 Å². The zero-order valence-electron chi connectivity index (χ0n) is 12.5. The minimum Gasteiger partial charge on any atom is -0.481 e. The van der Waals surface area contributed by atoms with Crippen molar-refractivity contribution in [2.75, 3.05) is 12.3 Å². The van der Waals surface area contributed by atoms with Crippen LogP contribution >= 0.6 is 11.8 Å². The van der Waals surface area contributed by atoms with E-state index < -0.39 is 29.1 Å². The molecule has 1 aliphatic heterocycles. The van der Waals surface area contributed by atoms with Gasteiger partial charge in [0.15, 0.2) is 5.78 Å². The maximum atomic E-state index is 12.3. The Morgan fingerprint density at radius 3 is 2.57 bits per heavy atom. The molecule has 3 N–H and O–H groups in total. The van der Waals surface area contributed by atoms with Gasteiger partial charge in [-0.1, -0.05) is 0 Å². The van der Waals surface area contributed by atoms with Gasteiger partial charge in [-0.15, -0.1) is 11.8 Å². The second-order valence-electron chi connectivity index (χ2n) is 5.74. The Balaban J connectivity index is 2.64. The molecule has 1 rings (SSSR count). The van der Waals surface area contributed by atoms with Crippen molar-refractivity contribution in [1.82, 2.24) is 10.6 Å². The minimum atomic E-state index is -1.01. The van der Waals surface area contributed by atoms with Crippen LogP contribution in [0.15, 0.2) is 0 Å². The largest absolute Gasteiger partial charge is 0.481 e. The molecular weight excluding hydrogens is 296 g/mol. The van der Waals surface area contributed by atoms with Crippen molar-refractivity contribution in [2.24, 2.45) is 0 Å². The molecule has 1 unspecified atom stereocenters. The molecule has 8 heteroatoms. The molecule has 0 bridgehead atoms. The van der Waals surface area contributed by atoms with E-state index in [1.807, 2.05) is 0 Å². The van der Waals surface area contributed by atoms with Crippen LogP contribution in [0.5, 0.6) is 0 Å². The fraction of sp³-hybridized carbons (Fsp3) is 0.769. The number of rotatable bonds is 6. The third-order valence-corrected chi connectivity index (χ3v) is 3.83. The van der Waals surface area contributed by atoms with Gasteiger partial charge in [-0.2, -0.15) is 0 Å². The third-order valence-electron chi connectivity index (χ3n) is 2.66. The fourth-order valence-electron chi connectivity index (χ4n) is 1.79. The van der Waals surface area contributed by atoms with Gasteiger partial charge in [-0.25, -0.2) is 4.79 Å². The summed E-state index contributed by atoms with van der Waals surface area (Å²) in [7, 11) is 0. The van der Waals surface area contributed by atoms with E-state index >= 15 is 0 Å². The lowest BCUT2D eigenvalue weighted by Crippen LogP contribution is -2.48. The zero-order valence-corrected chi connectivity index (χ0v) is 13.3. The van der Waals surface area contributed by atoms with Gasteiger partial charge in [0.2, 0.25) is 0 Å². The highest BCUT2D eigenvalue weighted by Crippen LogP contribution is 2.18. The Labute approximate surface area is 128 Å². The van der Waals surface area contributed by atoms with E-state index in [-0.39, 0.29) is 18.6 Å². The molecule has 1 aliphatic rings. The molecule has 2 atom stereocenters. The first-order valence-corrected chi connectivity index (χ1v) is 7.84. The first kappa shape index (κ1) is 17.8. The number of carboxylic acid groups (broad SMARTS) is 1. The number of hydrogen-bond donors (Lipinski definition) is 3. The minimum absolute atomic E-state index is 0.0478. The van der Waals surface area contributed by atoms with Crippen LogP contribution in [0.3, 0.4) is 0 Å². The van der Waals surface area contributed by atoms with Crippen LogP contribution in [0.25, 0.3) is 0 Å². The Hall–Kier alpha value is -1.28. The second kappa shape index (κ2) is 7.65. The highest BCUT2D eigenvalue weighted by atomic mass is 32.2. The molecule has 0 spiro atoms. The fourth-order valence-corrected chi connectivity index (χ4v) is 2.83. The van der Waals surface area contributed by atoms with E-state index in [9.17, 15) is 14.4 Å². The Bertz CT molecular complexity index is 402. The van der Waals surface area contributed by atoms with E-state index in [1.165, 1.54) is 11.8 Å². The Morgan fingerprint density at radius 1 is 1.43 bits per heavy atom. The van der Waals surface area contributed by atoms with Crippen molar-refractivity contribution in [3.8, 4) is 0 Å². The van der Waals surface area contributed by atoms with Crippen LogP contribution in [0.2, 0.25) is 0 Å². The third kappa shape index (κ3) is 6.81. The number of hydrogen-bond acceptors (Lipinski definition) is 6. The van der Waals surface area contributed by atoms with Crippen LogP contribution in [-0.2, 0) is 14.3 Å². The molecule has 1 heterocycles. The highest BCUT2D eigenvalue weighted by Gasteiger charge is 2.32. The first-order valence-electron chi connectivity index (χ1n) is 6.79. The zero-order chi connectivity index (χ0) is 16.0. The number of carbonyl (C=O) groups excluding carboxylic acids is 2. The topological polar surface area (TPSA) is 105 Å². The van der Waals surface area contributed by atoms with E-state index in [2.05, 4.69) is 10.6 Å². The SMILES string of the molecule is CC(C)(C)OC(=O)N[C@@H](CCC(=O)O)C(=O)C1NCCS1. The van der Waals surface area contributed by atoms with Crippen LogP contribution in [0.4, 0.5) is 4.79 Å². The number of amides is 1. The molecule has 1 saturated heterocycles. The lowest BCUT2D eigenvalue weighted by Gasteiger charge is -2.24. The van der Waals surface area contributed by atoms with Crippen molar-refractivity contribution in [1.29, 1.82) is 0 Å². The summed E-state index contributed by atoms with van der Waals surface area (Å²) in [5.41, 5.74) is -0.676. The van der Waals surface area contributed by atoms with E-state index in [0.29, 0.717) is 0 Å². The number of ketones is 1. The smallest absolute Gasteiger partial charge is 0.408 e. The monoisotopic (exact) mass is 318 g/mol. The molecule has 0 saturated carbocycles. The average molecular weight is 318 g/mol. The van der Waals surface area contributed by atoms with Crippen molar-refractivity contribution in [3.63, 3.8) is 0 Å².